The van der Waals surface area contributed by atoms with Crippen molar-refractivity contribution in [3.63, 3.8) is 0 Å². The quantitative estimate of drug-likeness (QED) is 0.292. The molecule has 0 saturated carbocycles. The number of amides is 2. The van der Waals surface area contributed by atoms with E-state index in [1.54, 1.807) is 0 Å². The first-order valence-electron chi connectivity index (χ1n) is 12.8. The number of carbonyl (C=O) groups is 2. The lowest BCUT2D eigenvalue weighted by molar-refractivity contribution is 0.0624. The molecule has 0 aliphatic rings. The molecule has 3 aromatic carbocycles. The molecule has 0 atom stereocenters. The first-order valence-corrected chi connectivity index (χ1v) is 12.8. The fourth-order valence-electron chi connectivity index (χ4n) is 3.83. The summed E-state index contributed by atoms with van der Waals surface area (Å²) in [6, 6.07) is 25.8. The zero-order chi connectivity index (χ0) is 27.8. The van der Waals surface area contributed by atoms with Crippen molar-refractivity contribution in [2.75, 3.05) is 17.2 Å². The third-order valence-electron chi connectivity index (χ3n) is 5.44. The Morgan fingerprint density at radius 3 is 1.47 bits per heavy atom. The highest BCUT2D eigenvalue weighted by Crippen LogP contribution is 2.27. The largest absolute Gasteiger partial charge is 0.444 e. The molecule has 7 heteroatoms. The monoisotopic (exact) mass is 517 g/mol. The third-order valence-corrected chi connectivity index (χ3v) is 5.44. The summed E-state index contributed by atoms with van der Waals surface area (Å²) in [5.74, 6) is 0.0462. The number of benzene rings is 3. The molecule has 0 aliphatic carbocycles. The summed E-state index contributed by atoms with van der Waals surface area (Å²) in [5, 5.41) is 9.13. The Labute approximate surface area is 225 Å². The van der Waals surface area contributed by atoms with E-state index in [0.717, 1.165) is 17.7 Å². The van der Waals surface area contributed by atoms with Crippen molar-refractivity contribution in [1.29, 1.82) is 0 Å². The van der Waals surface area contributed by atoms with Crippen molar-refractivity contribution in [3.8, 4) is 0 Å². The van der Waals surface area contributed by atoms with Gasteiger partial charge in [0.1, 0.15) is 11.2 Å². The maximum atomic E-state index is 12.1. The van der Waals surface area contributed by atoms with Gasteiger partial charge in [0, 0.05) is 30.4 Å². The van der Waals surface area contributed by atoms with E-state index in [-0.39, 0.29) is 5.92 Å². The Balaban J connectivity index is 1.74. The van der Waals surface area contributed by atoms with Crippen LogP contribution in [-0.4, -0.2) is 29.9 Å². The maximum absolute atomic E-state index is 12.1. The molecule has 0 fully saturated rings. The number of carbonyl (C=O) groups excluding carboxylic acids is 2. The molecule has 2 amide bonds. The predicted molar refractivity (Wildman–Crippen MR) is 153 cm³/mol. The first kappa shape index (κ1) is 28.7. The molecule has 7 nitrogen and oxygen atoms in total. The van der Waals surface area contributed by atoms with E-state index in [0.29, 0.717) is 17.9 Å². The number of ether oxygens (including phenoxy) is 2. The normalized spacial score (nSPS) is 11.7. The Hall–Kier alpha value is -3.84. The standard InChI is InChI=1S/C31H39N3O4/c1-30(2,3)37-28(35)33-25-16-12-23(13-17-25)27(21-32-20-22-10-8-7-9-11-22)24-14-18-26(19-15-24)34-29(36)38-31(4,5)6/h7-19,27,32H,20-21H2,1-6H3,(H,33,35)(H,34,36). The van der Waals surface area contributed by atoms with Crippen molar-refractivity contribution in [2.45, 2.75) is 65.2 Å². The summed E-state index contributed by atoms with van der Waals surface area (Å²) in [4.78, 5) is 24.3. The fourth-order valence-corrected chi connectivity index (χ4v) is 3.83. The number of anilines is 2. The van der Waals surface area contributed by atoms with Crippen LogP contribution < -0.4 is 16.0 Å². The van der Waals surface area contributed by atoms with Crippen LogP contribution in [0.2, 0.25) is 0 Å². The van der Waals surface area contributed by atoms with Crippen LogP contribution in [0.1, 0.15) is 64.2 Å². The minimum atomic E-state index is -0.565. The summed E-state index contributed by atoms with van der Waals surface area (Å²) in [6.07, 6.45) is -0.973. The molecule has 0 spiro atoms. The lowest BCUT2D eigenvalue weighted by Crippen LogP contribution is -2.27. The number of rotatable bonds is 8. The number of hydrogen-bond donors (Lipinski definition) is 3. The van der Waals surface area contributed by atoms with Crippen LogP contribution in [0.4, 0.5) is 21.0 Å². The van der Waals surface area contributed by atoms with Crippen LogP contribution in [-0.2, 0) is 16.0 Å². The van der Waals surface area contributed by atoms with E-state index in [2.05, 4.69) is 28.1 Å². The molecule has 0 heterocycles. The van der Waals surface area contributed by atoms with E-state index < -0.39 is 23.4 Å². The van der Waals surface area contributed by atoms with Crippen LogP contribution in [0.15, 0.2) is 78.9 Å². The predicted octanol–water partition coefficient (Wildman–Crippen LogP) is 7.30. The molecule has 0 aromatic heterocycles. The molecular formula is C31H39N3O4. The lowest BCUT2D eigenvalue weighted by atomic mass is 9.90. The van der Waals surface area contributed by atoms with Gasteiger partial charge in [0.2, 0.25) is 0 Å². The fraction of sp³-hybridized carbons (Fsp3) is 0.355. The van der Waals surface area contributed by atoms with Gasteiger partial charge in [-0.15, -0.1) is 0 Å². The van der Waals surface area contributed by atoms with E-state index in [9.17, 15) is 9.59 Å². The number of hydrogen-bond acceptors (Lipinski definition) is 5. The van der Waals surface area contributed by atoms with Crippen molar-refractivity contribution >= 4 is 23.6 Å². The smallest absolute Gasteiger partial charge is 0.412 e. The molecular weight excluding hydrogens is 478 g/mol. The van der Waals surface area contributed by atoms with Gasteiger partial charge in [0.15, 0.2) is 0 Å². The van der Waals surface area contributed by atoms with Gasteiger partial charge in [-0.2, -0.15) is 0 Å². The highest BCUT2D eigenvalue weighted by atomic mass is 16.6. The van der Waals surface area contributed by atoms with Gasteiger partial charge < -0.3 is 14.8 Å². The maximum Gasteiger partial charge on any atom is 0.412 e. The van der Waals surface area contributed by atoms with E-state index in [1.807, 2.05) is 108 Å². The molecule has 0 aliphatic heterocycles. The van der Waals surface area contributed by atoms with Crippen molar-refractivity contribution in [1.82, 2.24) is 5.32 Å². The second-order valence-corrected chi connectivity index (χ2v) is 11.2. The topological polar surface area (TPSA) is 88.7 Å². The van der Waals surface area contributed by atoms with Gasteiger partial charge in [-0.25, -0.2) is 9.59 Å². The SMILES string of the molecule is CC(C)(C)OC(=O)Nc1ccc(C(CNCc2ccccc2)c2ccc(NC(=O)OC(C)(C)C)cc2)cc1. The van der Waals surface area contributed by atoms with Crippen molar-refractivity contribution in [3.05, 3.63) is 95.6 Å². The molecule has 202 valence electrons. The number of nitrogens with one attached hydrogen (secondary N) is 3. The molecule has 3 N–H and O–H groups in total. The van der Waals surface area contributed by atoms with Gasteiger partial charge in [-0.1, -0.05) is 54.6 Å². The minimum Gasteiger partial charge on any atom is -0.444 e. The van der Waals surface area contributed by atoms with E-state index in [4.69, 9.17) is 9.47 Å². The van der Waals surface area contributed by atoms with E-state index >= 15 is 0 Å². The molecule has 0 radical (unpaired) electrons. The van der Waals surface area contributed by atoms with Gasteiger partial charge in [0.25, 0.3) is 0 Å². The van der Waals surface area contributed by atoms with Crippen molar-refractivity contribution in [2.24, 2.45) is 0 Å². The third kappa shape index (κ3) is 9.90. The van der Waals surface area contributed by atoms with Crippen LogP contribution in [0.3, 0.4) is 0 Å². The minimum absolute atomic E-state index is 0.0462. The summed E-state index contributed by atoms with van der Waals surface area (Å²) < 4.78 is 10.7. The second-order valence-electron chi connectivity index (χ2n) is 11.2. The first-order chi connectivity index (χ1) is 17.9. The van der Waals surface area contributed by atoms with Gasteiger partial charge in [-0.05, 0) is 82.5 Å². The molecule has 0 bridgehead atoms. The van der Waals surface area contributed by atoms with Crippen LogP contribution in [0.5, 0.6) is 0 Å². The van der Waals surface area contributed by atoms with Gasteiger partial charge in [0.05, 0.1) is 0 Å². The molecule has 3 aromatic rings. The molecule has 3 rings (SSSR count). The van der Waals surface area contributed by atoms with Crippen LogP contribution >= 0.6 is 0 Å². The Bertz CT molecular complexity index is 1110. The lowest BCUT2D eigenvalue weighted by Gasteiger charge is -2.22. The molecule has 38 heavy (non-hydrogen) atoms. The summed E-state index contributed by atoms with van der Waals surface area (Å²) >= 11 is 0. The van der Waals surface area contributed by atoms with Gasteiger partial charge in [-0.3, -0.25) is 10.6 Å². The summed E-state index contributed by atoms with van der Waals surface area (Å²) in [7, 11) is 0. The second kappa shape index (κ2) is 12.6. The molecule has 0 unspecified atom stereocenters. The Morgan fingerprint density at radius 2 is 1.08 bits per heavy atom. The van der Waals surface area contributed by atoms with E-state index in [1.165, 1.54) is 5.56 Å². The van der Waals surface area contributed by atoms with Gasteiger partial charge >= 0.3 is 12.2 Å². The average Bonchev–Trinajstić information content (AvgIpc) is 2.81. The summed E-state index contributed by atoms with van der Waals surface area (Å²) in [5.41, 5.74) is 3.59. The van der Waals surface area contributed by atoms with Crippen molar-refractivity contribution < 1.29 is 19.1 Å². The Kier molecular flexibility index (Phi) is 9.53. The zero-order valence-corrected chi connectivity index (χ0v) is 23.1. The molecule has 0 saturated heterocycles. The Morgan fingerprint density at radius 1 is 0.658 bits per heavy atom. The zero-order valence-electron chi connectivity index (χ0n) is 23.1. The summed E-state index contributed by atoms with van der Waals surface area (Å²) in [6.45, 7) is 12.4. The highest BCUT2D eigenvalue weighted by molar-refractivity contribution is 5.85. The average molecular weight is 518 g/mol. The van der Waals surface area contributed by atoms with Crippen LogP contribution in [0, 0.1) is 0 Å². The highest BCUT2D eigenvalue weighted by Gasteiger charge is 2.19. The van der Waals surface area contributed by atoms with Crippen LogP contribution in [0.25, 0.3) is 0 Å².